The second-order valence-corrected chi connectivity index (χ2v) is 3.69. The highest BCUT2D eigenvalue weighted by Crippen LogP contribution is 2.04. The van der Waals surface area contributed by atoms with E-state index in [0.717, 1.165) is 5.69 Å². The number of nitrogens with zero attached hydrogens (tertiary/aromatic N) is 4. The molecule has 2 aromatic rings. The number of carbonyl (C=O) groups is 1. The fraction of sp³-hybridized carbons (Fsp3) is 0.400. The lowest BCUT2D eigenvalue weighted by Crippen LogP contribution is -2.13. The summed E-state index contributed by atoms with van der Waals surface area (Å²) in [7, 11) is 0. The molecule has 0 N–H and O–H groups in total. The lowest BCUT2D eigenvalue weighted by Gasteiger charge is -2.03. The summed E-state index contributed by atoms with van der Waals surface area (Å²) in [5.41, 5.74) is 0.862. The summed E-state index contributed by atoms with van der Waals surface area (Å²) in [4.78, 5) is 19.5. The molecule has 0 amide bonds. The van der Waals surface area contributed by atoms with Crippen molar-refractivity contribution in [2.24, 2.45) is 0 Å². The van der Waals surface area contributed by atoms with E-state index in [1.165, 1.54) is 4.52 Å². The largest absolute Gasteiger partial charge is 0.457 e. The van der Waals surface area contributed by atoms with Gasteiger partial charge in [-0.25, -0.2) is 14.3 Å². The number of aryl methyl sites for hydroxylation is 1. The Hall–Kier alpha value is -1.98. The van der Waals surface area contributed by atoms with E-state index >= 15 is 0 Å². The Kier molecular flexibility index (Phi) is 2.55. The molecule has 2 aromatic heterocycles. The predicted molar refractivity (Wildman–Crippen MR) is 56.1 cm³/mol. The fourth-order valence-electron chi connectivity index (χ4n) is 1.26. The standard InChI is InChI=1S/C10H12N4O2/c1-6(2)16-9(15)8-12-10-11-5-4-7(3)14(10)13-8/h4-6H,1-3H3. The molecule has 0 aromatic carbocycles. The second kappa shape index (κ2) is 3.88. The van der Waals surface area contributed by atoms with E-state index in [1.807, 2.05) is 6.92 Å². The minimum atomic E-state index is -0.528. The van der Waals surface area contributed by atoms with Crippen molar-refractivity contribution >= 4 is 11.7 Å². The molecule has 6 heteroatoms. The number of hydrogen-bond acceptors (Lipinski definition) is 5. The fourth-order valence-corrected chi connectivity index (χ4v) is 1.26. The molecule has 6 nitrogen and oxygen atoms in total. The summed E-state index contributed by atoms with van der Waals surface area (Å²) in [6.45, 7) is 5.41. The first-order chi connectivity index (χ1) is 7.58. The number of hydrogen-bond donors (Lipinski definition) is 0. The van der Waals surface area contributed by atoms with Gasteiger partial charge in [-0.05, 0) is 26.8 Å². The Morgan fingerprint density at radius 1 is 1.50 bits per heavy atom. The van der Waals surface area contributed by atoms with E-state index in [1.54, 1.807) is 26.1 Å². The topological polar surface area (TPSA) is 69.4 Å². The van der Waals surface area contributed by atoms with Gasteiger partial charge in [0.1, 0.15) is 0 Å². The van der Waals surface area contributed by atoms with Gasteiger partial charge < -0.3 is 4.74 Å². The van der Waals surface area contributed by atoms with Crippen LogP contribution in [0.3, 0.4) is 0 Å². The van der Waals surface area contributed by atoms with Gasteiger partial charge in [-0.15, -0.1) is 5.10 Å². The molecule has 0 atom stereocenters. The van der Waals surface area contributed by atoms with Gasteiger partial charge in [0, 0.05) is 11.9 Å². The molecule has 16 heavy (non-hydrogen) atoms. The van der Waals surface area contributed by atoms with Crippen LogP contribution >= 0.6 is 0 Å². The first kappa shape index (κ1) is 10.5. The van der Waals surface area contributed by atoms with E-state index in [2.05, 4.69) is 15.1 Å². The van der Waals surface area contributed by atoms with Gasteiger partial charge in [-0.1, -0.05) is 0 Å². The second-order valence-electron chi connectivity index (χ2n) is 3.69. The zero-order valence-corrected chi connectivity index (χ0v) is 9.34. The van der Waals surface area contributed by atoms with Crippen LogP contribution in [0.5, 0.6) is 0 Å². The smallest absolute Gasteiger partial charge is 0.378 e. The average Bonchev–Trinajstić information content (AvgIpc) is 2.61. The van der Waals surface area contributed by atoms with E-state index in [-0.39, 0.29) is 11.9 Å². The minimum Gasteiger partial charge on any atom is -0.457 e. The van der Waals surface area contributed by atoms with Crippen molar-refractivity contribution in [2.45, 2.75) is 26.9 Å². The Balaban J connectivity index is 2.40. The monoisotopic (exact) mass is 220 g/mol. The van der Waals surface area contributed by atoms with Gasteiger partial charge in [-0.2, -0.15) is 4.98 Å². The molecular formula is C10H12N4O2. The van der Waals surface area contributed by atoms with Crippen molar-refractivity contribution in [3.63, 3.8) is 0 Å². The third kappa shape index (κ3) is 1.86. The summed E-state index contributed by atoms with van der Waals surface area (Å²) >= 11 is 0. The van der Waals surface area contributed by atoms with Crippen LogP contribution in [-0.2, 0) is 4.74 Å². The maximum Gasteiger partial charge on any atom is 0.378 e. The molecule has 0 spiro atoms. The Labute approximate surface area is 92.3 Å². The number of rotatable bonds is 2. The Morgan fingerprint density at radius 2 is 2.25 bits per heavy atom. The lowest BCUT2D eigenvalue weighted by molar-refractivity contribution is 0.0363. The van der Waals surface area contributed by atoms with Gasteiger partial charge in [-0.3, -0.25) is 0 Å². The molecule has 0 bridgehead atoms. The number of ether oxygens (including phenoxy) is 1. The van der Waals surface area contributed by atoms with Crippen LogP contribution in [0.2, 0.25) is 0 Å². The molecule has 0 aliphatic heterocycles. The van der Waals surface area contributed by atoms with Crippen LogP contribution in [0.15, 0.2) is 12.3 Å². The summed E-state index contributed by atoms with van der Waals surface area (Å²) in [5, 5.41) is 4.03. The molecule has 84 valence electrons. The third-order valence-electron chi connectivity index (χ3n) is 1.96. The van der Waals surface area contributed by atoms with Crippen molar-refractivity contribution in [3.05, 3.63) is 23.8 Å². The van der Waals surface area contributed by atoms with Crippen LogP contribution in [0.25, 0.3) is 5.78 Å². The van der Waals surface area contributed by atoms with Crippen molar-refractivity contribution in [1.29, 1.82) is 0 Å². The molecule has 0 saturated heterocycles. The zero-order valence-electron chi connectivity index (χ0n) is 9.34. The maximum absolute atomic E-state index is 11.5. The van der Waals surface area contributed by atoms with Crippen LogP contribution in [0, 0.1) is 6.92 Å². The van der Waals surface area contributed by atoms with Gasteiger partial charge in [0.15, 0.2) is 0 Å². The molecule has 2 heterocycles. The number of aromatic nitrogens is 4. The first-order valence-electron chi connectivity index (χ1n) is 4.97. The SMILES string of the molecule is Cc1ccnc2nc(C(=O)OC(C)C)nn12. The highest BCUT2D eigenvalue weighted by Gasteiger charge is 2.16. The highest BCUT2D eigenvalue weighted by molar-refractivity contribution is 5.85. The number of fused-ring (bicyclic) bond motifs is 1. The van der Waals surface area contributed by atoms with Crippen LogP contribution < -0.4 is 0 Å². The Bertz CT molecular complexity index is 533. The number of carbonyl (C=O) groups excluding carboxylic acids is 1. The average molecular weight is 220 g/mol. The van der Waals surface area contributed by atoms with Crippen molar-refractivity contribution in [2.75, 3.05) is 0 Å². The summed E-state index contributed by atoms with van der Waals surface area (Å²) < 4.78 is 6.51. The van der Waals surface area contributed by atoms with Crippen LogP contribution in [-0.4, -0.2) is 31.7 Å². The van der Waals surface area contributed by atoms with Crippen LogP contribution in [0.1, 0.15) is 30.2 Å². The summed E-state index contributed by atoms with van der Waals surface area (Å²) in [5.74, 6) is -0.0916. The van der Waals surface area contributed by atoms with E-state index < -0.39 is 5.97 Å². The molecule has 0 aliphatic carbocycles. The molecule has 0 saturated carbocycles. The predicted octanol–water partition coefficient (Wildman–Crippen LogP) is 0.998. The quantitative estimate of drug-likeness (QED) is 0.706. The number of esters is 1. The van der Waals surface area contributed by atoms with Crippen LogP contribution in [0.4, 0.5) is 0 Å². The van der Waals surface area contributed by atoms with Gasteiger partial charge in [0.05, 0.1) is 6.10 Å². The van der Waals surface area contributed by atoms with E-state index in [4.69, 9.17) is 4.74 Å². The Morgan fingerprint density at radius 3 is 2.88 bits per heavy atom. The molecule has 0 unspecified atom stereocenters. The van der Waals surface area contributed by atoms with Gasteiger partial charge >= 0.3 is 5.97 Å². The van der Waals surface area contributed by atoms with Gasteiger partial charge in [0.2, 0.25) is 0 Å². The normalized spacial score (nSPS) is 11.0. The summed E-state index contributed by atoms with van der Waals surface area (Å²) in [6, 6.07) is 1.79. The maximum atomic E-state index is 11.5. The van der Waals surface area contributed by atoms with E-state index in [9.17, 15) is 4.79 Å². The highest BCUT2D eigenvalue weighted by atomic mass is 16.5. The van der Waals surface area contributed by atoms with E-state index in [0.29, 0.717) is 5.78 Å². The molecule has 2 rings (SSSR count). The minimum absolute atomic E-state index is 0.0375. The van der Waals surface area contributed by atoms with Crippen molar-refractivity contribution < 1.29 is 9.53 Å². The summed E-state index contributed by atoms with van der Waals surface area (Å²) in [6.07, 6.45) is 1.44. The molecule has 0 radical (unpaired) electrons. The molecule has 0 fully saturated rings. The lowest BCUT2D eigenvalue weighted by atomic mass is 10.5. The van der Waals surface area contributed by atoms with Crippen molar-refractivity contribution in [1.82, 2.24) is 19.6 Å². The molecule has 0 aliphatic rings. The molecular weight excluding hydrogens is 208 g/mol. The first-order valence-corrected chi connectivity index (χ1v) is 4.97. The zero-order chi connectivity index (χ0) is 11.7. The third-order valence-corrected chi connectivity index (χ3v) is 1.96. The van der Waals surface area contributed by atoms with Gasteiger partial charge in [0.25, 0.3) is 11.6 Å². The van der Waals surface area contributed by atoms with Crippen molar-refractivity contribution in [3.8, 4) is 0 Å².